The molecule has 1 aliphatic rings. The first-order chi connectivity index (χ1) is 12.1. The van der Waals surface area contributed by atoms with Crippen molar-refractivity contribution in [3.05, 3.63) is 64.4 Å². The van der Waals surface area contributed by atoms with E-state index in [-0.39, 0.29) is 25.0 Å². The second-order valence-corrected chi connectivity index (χ2v) is 5.33. The van der Waals surface area contributed by atoms with Crippen LogP contribution in [0.3, 0.4) is 0 Å². The number of rotatable bonds is 4. The van der Waals surface area contributed by atoms with Crippen molar-refractivity contribution in [2.75, 3.05) is 6.79 Å². The molecule has 0 aliphatic carbocycles. The van der Waals surface area contributed by atoms with Gasteiger partial charge in [0.05, 0.1) is 0 Å². The predicted molar refractivity (Wildman–Crippen MR) is 83.1 cm³/mol. The lowest BCUT2D eigenvalue weighted by Gasteiger charge is -2.01. The van der Waals surface area contributed by atoms with Gasteiger partial charge in [-0.1, -0.05) is 0 Å². The second-order valence-electron chi connectivity index (χ2n) is 5.33. The molecule has 0 bridgehead atoms. The van der Waals surface area contributed by atoms with Crippen LogP contribution in [0.5, 0.6) is 11.5 Å². The number of carbonyl (C=O) groups is 1. The molecule has 0 saturated carbocycles. The van der Waals surface area contributed by atoms with Crippen molar-refractivity contribution in [1.82, 2.24) is 9.78 Å². The van der Waals surface area contributed by atoms with Crippen LogP contribution < -0.4 is 15.2 Å². The fraction of sp³-hybridized carbons (Fsp3) is 0.118. The number of hydrogen-bond acceptors (Lipinski definition) is 6. The molecule has 4 rings (SSSR count). The number of carbonyl (C=O) groups excluding carboxylic acids is 1. The normalized spacial score (nSPS) is 12.4. The number of halogens is 1. The van der Waals surface area contributed by atoms with Gasteiger partial charge >= 0.3 is 5.76 Å². The molecule has 3 aromatic rings. The maximum Gasteiger partial charge on any atom is 0.437 e. The molecule has 0 amide bonds. The fourth-order valence-corrected chi connectivity index (χ4v) is 2.41. The Morgan fingerprint density at radius 1 is 1.12 bits per heavy atom. The Balaban J connectivity index is 1.57. The Kier molecular flexibility index (Phi) is 3.57. The van der Waals surface area contributed by atoms with Crippen LogP contribution in [0.4, 0.5) is 4.39 Å². The van der Waals surface area contributed by atoms with E-state index in [2.05, 4.69) is 5.10 Å². The molecule has 126 valence electrons. The molecule has 0 unspecified atom stereocenters. The molecular formula is C17H11FN2O5. The number of ketones is 1. The molecule has 0 atom stereocenters. The van der Waals surface area contributed by atoms with E-state index in [0.717, 1.165) is 4.68 Å². The summed E-state index contributed by atoms with van der Waals surface area (Å²) in [6, 6.07) is 10.1. The Labute approximate surface area is 140 Å². The lowest BCUT2D eigenvalue weighted by atomic mass is 10.1. The van der Waals surface area contributed by atoms with Crippen molar-refractivity contribution >= 4 is 5.78 Å². The molecule has 2 heterocycles. The number of nitrogens with zero attached hydrogens (tertiary/aromatic N) is 2. The van der Waals surface area contributed by atoms with E-state index in [1.54, 1.807) is 18.2 Å². The average Bonchev–Trinajstić information content (AvgIpc) is 3.21. The van der Waals surface area contributed by atoms with E-state index in [1.165, 1.54) is 24.3 Å². The Morgan fingerprint density at radius 3 is 2.68 bits per heavy atom. The summed E-state index contributed by atoms with van der Waals surface area (Å²) in [5.41, 5.74) is 0.801. The third kappa shape index (κ3) is 2.89. The molecule has 0 spiro atoms. The number of aromatic nitrogens is 2. The summed E-state index contributed by atoms with van der Waals surface area (Å²) in [6.07, 6.45) is 0. The summed E-state index contributed by atoms with van der Waals surface area (Å²) < 4.78 is 29.3. The van der Waals surface area contributed by atoms with E-state index in [9.17, 15) is 14.0 Å². The molecule has 0 radical (unpaired) electrons. The molecule has 2 aromatic carbocycles. The van der Waals surface area contributed by atoms with Crippen LogP contribution in [0.25, 0.3) is 11.5 Å². The fourth-order valence-electron chi connectivity index (χ4n) is 2.41. The van der Waals surface area contributed by atoms with Gasteiger partial charge in [0.1, 0.15) is 12.4 Å². The Morgan fingerprint density at radius 2 is 1.88 bits per heavy atom. The Bertz CT molecular complexity index is 1010. The van der Waals surface area contributed by atoms with Crippen molar-refractivity contribution in [2.24, 2.45) is 0 Å². The lowest BCUT2D eigenvalue weighted by molar-refractivity contribution is 0.0964. The number of benzene rings is 2. The van der Waals surface area contributed by atoms with Gasteiger partial charge in [0.25, 0.3) is 0 Å². The first-order valence-electron chi connectivity index (χ1n) is 7.37. The van der Waals surface area contributed by atoms with Gasteiger partial charge in [0, 0.05) is 11.1 Å². The second kappa shape index (κ2) is 5.90. The van der Waals surface area contributed by atoms with Gasteiger partial charge in [0.15, 0.2) is 17.3 Å². The molecule has 0 fully saturated rings. The smallest absolute Gasteiger partial charge is 0.437 e. The number of Topliss-reactive ketones (excluding diaryl/α,β-unsaturated/α-hetero) is 1. The molecule has 8 heteroatoms. The summed E-state index contributed by atoms with van der Waals surface area (Å²) >= 11 is 0. The zero-order valence-electron chi connectivity index (χ0n) is 12.8. The standard InChI is InChI=1S/C17H11FN2O5/c18-12-4-1-10(2-5-12)16-19-20(17(22)25-16)8-13(21)11-3-6-14-15(7-11)24-9-23-14/h1-7H,8-9H2. The van der Waals surface area contributed by atoms with E-state index in [0.29, 0.717) is 22.6 Å². The summed E-state index contributed by atoms with van der Waals surface area (Å²) in [7, 11) is 0. The molecule has 1 aromatic heterocycles. The monoisotopic (exact) mass is 342 g/mol. The predicted octanol–water partition coefficient (Wildman–Crippen LogP) is 2.25. The minimum atomic E-state index is -0.770. The minimum Gasteiger partial charge on any atom is -0.454 e. The lowest BCUT2D eigenvalue weighted by Crippen LogP contribution is -2.21. The topological polar surface area (TPSA) is 83.6 Å². The molecule has 1 aliphatic heterocycles. The highest BCUT2D eigenvalue weighted by molar-refractivity contribution is 5.96. The van der Waals surface area contributed by atoms with Crippen molar-refractivity contribution < 1.29 is 23.1 Å². The van der Waals surface area contributed by atoms with Gasteiger partial charge < -0.3 is 13.9 Å². The molecule has 0 saturated heterocycles. The summed E-state index contributed by atoms with van der Waals surface area (Å²) in [5.74, 6) is -0.459. The van der Waals surface area contributed by atoms with Gasteiger partial charge in [0.2, 0.25) is 12.7 Å². The summed E-state index contributed by atoms with van der Waals surface area (Å²) in [5, 5.41) is 3.99. The zero-order valence-corrected chi connectivity index (χ0v) is 12.8. The minimum absolute atomic E-state index is 0.0171. The maximum atomic E-state index is 13.0. The molecular weight excluding hydrogens is 331 g/mol. The quantitative estimate of drug-likeness (QED) is 0.676. The van der Waals surface area contributed by atoms with Gasteiger partial charge in [-0.3, -0.25) is 4.79 Å². The van der Waals surface area contributed by atoms with Gasteiger partial charge in [-0.25, -0.2) is 9.18 Å². The van der Waals surface area contributed by atoms with Crippen molar-refractivity contribution in [1.29, 1.82) is 0 Å². The van der Waals surface area contributed by atoms with Crippen molar-refractivity contribution in [3.63, 3.8) is 0 Å². The third-order valence-corrected chi connectivity index (χ3v) is 3.69. The van der Waals surface area contributed by atoms with E-state index in [4.69, 9.17) is 13.9 Å². The highest BCUT2D eigenvalue weighted by Gasteiger charge is 2.18. The third-order valence-electron chi connectivity index (χ3n) is 3.69. The van der Waals surface area contributed by atoms with E-state index >= 15 is 0 Å². The van der Waals surface area contributed by atoms with E-state index < -0.39 is 11.6 Å². The van der Waals surface area contributed by atoms with Crippen LogP contribution in [0, 0.1) is 5.82 Å². The highest BCUT2D eigenvalue weighted by atomic mass is 19.1. The number of hydrogen-bond donors (Lipinski definition) is 0. The molecule has 25 heavy (non-hydrogen) atoms. The van der Waals surface area contributed by atoms with Gasteiger partial charge in [-0.05, 0) is 42.5 Å². The first kappa shape index (κ1) is 15.1. The number of fused-ring (bicyclic) bond motifs is 1. The summed E-state index contributed by atoms with van der Waals surface area (Å²) in [6.45, 7) is -0.181. The van der Waals surface area contributed by atoms with Crippen LogP contribution in [-0.4, -0.2) is 22.4 Å². The van der Waals surface area contributed by atoms with Gasteiger partial charge in [-0.2, -0.15) is 4.68 Å². The number of ether oxygens (including phenoxy) is 2. The van der Waals surface area contributed by atoms with Crippen molar-refractivity contribution in [2.45, 2.75) is 6.54 Å². The maximum absolute atomic E-state index is 13.0. The van der Waals surface area contributed by atoms with E-state index in [1.807, 2.05) is 0 Å². The average molecular weight is 342 g/mol. The highest BCUT2D eigenvalue weighted by Crippen LogP contribution is 2.32. The van der Waals surface area contributed by atoms with Crippen LogP contribution in [0.15, 0.2) is 51.7 Å². The zero-order chi connectivity index (χ0) is 17.4. The van der Waals surface area contributed by atoms with Gasteiger partial charge in [-0.15, -0.1) is 5.10 Å². The van der Waals surface area contributed by atoms with Crippen LogP contribution in [0.1, 0.15) is 10.4 Å². The Hall–Kier alpha value is -3.42. The van der Waals surface area contributed by atoms with Crippen LogP contribution >= 0.6 is 0 Å². The largest absolute Gasteiger partial charge is 0.454 e. The van der Waals surface area contributed by atoms with Crippen molar-refractivity contribution in [3.8, 4) is 23.0 Å². The SMILES string of the molecule is O=C(Cn1nc(-c2ccc(F)cc2)oc1=O)c1ccc2c(c1)OCO2. The van der Waals surface area contributed by atoms with Crippen LogP contribution in [-0.2, 0) is 6.54 Å². The molecule has 7 nitrogen and oxygen atoms in total. The first-order valence-corrected chi connectivity index (χ1v) is 7.37. The van der Waals surface area contributed by atoms with Crippen LogP contribution in [0.2, 0.25) is 0 Å². The molecule has 0 N–H and O–H groups in total. The summed E-state index contributed by atoms with van der Waals surface area (Å²) in [4.78, 5) is 24.3.